The van der Waals surface area contributed by atoms with Crippen molar-refractivity contribution in [2.75, 3.05) is 13.7 Å². The number of nitrogens with zero attached hydrogens (tertiary/aromatic N) is 4. The first-order valence-corrected chi connectivity index (χ1v) is 9.04. The topological polar surface area (TPSA) is 88.8 Å². The number of hydrogen-bond donors (Lipinski definition) is 0. The summed E-state index contributed by atoms with van der Waals surface area (Å²) < 4.78 is 10.9. The van der Waals surface area contributed by atoms with Gasteiger partial charge in [0.25, 0.3) is 5.91 Å². The molecule has 27 heavy (non-hydrogen) atoms. The fourth-order valence-corrected chi connectivity index (χ4v) is 3.52. The number of amides is 2. The van der Waals surface area contributed by atoms with E-state index in [0.29, 0.717) is 5.76 Å². The number of aryl methyl sites for hydroxylation is 1. The summed E-state index contributed by atoms with van der Waals surface area (Å²) in [6.45, 7) is 2.03. The van der Waals surface area contributed by atoms with E-state index in [1.54, 1.807) is 30.4 Å². The maximum atomic E-state index is 13.2. The number of hydrogen-bond acceptors (Lipinski definition) is 6. The van der Waals surface area contributed by atoms with Gasteiger partial charge in [0.05, 0.1) is 18.3 Å². The largest absolute Gasteiger partial charge is 0.359 e. The minimum absolute atomic E-state index is 0.0797. The van der Waals surface area contributed by atoms with Crippen molar-refractivity contribution in [3.63, 3.8) is 0 Å². The molecular weight excluding hydrogens is 348 g/mol. The smallest absolute Gasteiger partial charge is 0.254 e. The van der Waals surface area contributed by atoms with Crippen molar-refractivity contribution in [3.05, 3.63) is 47.6 Å². The third-order valence-electron chi connectivity index (χ3n) is 4.92. The van der Waals surface area contributed by atoms with E-state index in [4.69, 9.17) is 9.26 Å². The number of aromatic nitrogens is 2. The Hall–Kier alpha value is -2.74. The van der Waals surface area contributed by atoms with Gasteiger partial charge in [-0.1, -0.05) is 11.2 Å². The summed E-state index contributed by atoms with van der Waals surface area (Å²) in [6, 6.07) is 5.18. The summed E-state index contributed by atoms with van der Waals surface area (Å²) >= 11 is 0. The van der Waals surface area contributed by atoms with Gasteiger partial charge in [-0.25, -0.2) is 0 Å². The number of carbonyl (C=O) groups excluding carboxylic acids is 2. The molecule has 0 aromatic carbocycles. The highest BCUT2D eigenvalue weighted by atomic mass is 16.5. The lowest BCUT2D eigenvalue weighted by Gasteiger charge is -2.41. The molecule has 1 aliphatic carbocycles. The predicted molar refractivity (Wildman–Crippen MR) is 94.3 cm³/mol. The predicted octanol–water partition coefficient (Wildman–Crippen LogP) is 1.47. The molecule has 4 rings (SSSR count). The molecular formula is C19H22N4O4. The fourth-order valence-electron chi connectivity index (χ4n) is 3.52. The lowest BCUT2D eigenvalue weighted by molar-refractivity contribution is -0.170. The molecule has 2 aromatic rings. The van der Waals surface area contributed by atoms with Gasteiger partial charge in [0.1, 0.15) is 6.61 Å². The number of ether oxygens (including phenoxy) is 1. The summed E-state index contributed by atoms with van der Waals surface area (Å²) in [5.74, 6) is 0.326. The summed E-state index contributed by atoms with van der Waals surface area (Å²) in [6.07, 6.45) is 4.50. The second kappa shape index (κ2) is 7.11. The highest BCUT2D eigenvalue weighted by molar-refractivity contribution is 5.86. The average molecular weight is 370 g/mol. The van der Waals surface area contributed by atoms with Crippen LogP contribution < -0.4 is 0 Å². The van der Waals surface area contributed by atoms with Crippen molar-refractivity contribution >= 4 is 11.8 Å². The second-order valence-corrected chi connectivity index (χ2v) is 7.12. The molecule has 0 N–H and O–H groups in total. The van der Waals surface area contributed by atoms with Gasteiger partial charge in [-0.2, -0.15) is 0 Å². The van der Waals surface area contributed by atoms with Crippen molar-refractivity contribution in [1.29, 1.82) is 0 Å². The number of likely N-dealkylation sites (N-methyl/N-ethyl adjacent to an activating group) is 1. The van der Waals surface area contributed by atoms with Gasteiger partial charge in [0.2, 0.25) is 5.91 Å². The summed E-state index contributed by atoms with van der Waals surface area (Å²) in [5, 5.41) is 3.85. The van der Waals surface area contributed by atoms with Crippen LogP contribution in [0.15, 0.2) is 35.1 Å². The number of rotatable bonds is 5. The van der Waals surface area contributed by atoms with Gasteiger partial charge < -0.3 is 19.1 Å². The number of carbonyl (C=O) groups is 2. The van der Waals surface area contributed by atoms with Crippen molar-refractivity contribution in [2.45, 2.75) is 44.5 Å². The van der Waals surface area contributed by atoms with Crippen LogP contribution in [0, 0.1) is 6.92 Å². The van der Waals surface area contributed by atoms with Crippen LogP contribution in [-0.2, 0) is 20.9 Å². The molecule has 1 aliphatic heterocycles. The van der Waals surface area contributed by atoms with Crippen LogP contribution in [0.1, 0.15) is 35.9 Å². The Morgan fingerprint density at radius 3 is 2.85 bits per heavy atom. The highest BCUT2D eigenvalue weighted by Crippen LogP contribution is 2.39. The maximum absolute atomic E-state index is 13.2. The van der Waals surface area contributed by atoms with Gasteiger partial charge in [0, 0.05) is 31.5 Å². The average Bonchev–Trinajstić information content (AvgIpc) is 3.43. The van der Waals surface area contributed by atoms with Crippen LogP contribution >= 0.6 is 0 Å². The Labute approximate surface area is 157 Å². The molecule has 2 fully saturated rings. The van der Waals surface area contributed by atoms with E-state index in [1.165, 1.54) is 0 Å². The van der Waals surface area contributed by atoms with Crippen molar-refractivity contribution in [3.8, 4) is 0 Å². The molecule has 142 valence electrons. The lowest BCUT2D eigenvalue weighted by Crippen LogP contribution is -2.55. The maximum Gasteiger partial charge on any atom is 0.254 e. The first-order chi connectivity index (χ1) is 13.0. The normalized spacial score (nSPS) is 22.7. The Kier molecular flexibility index (Phi) is 4.65. The summed E-state index contributed by atoms with van der Waals surface area (Å²) in [7, 11) is 1.70. The summed E-state index contributed by atoms with van der Waals surface area (Å²) in [5.41, 5.74) is 1.57. The van der Waals surface area contributed by atoms with Crippen LogP contribution in [0.4, 0.5) is 0 Å². The quantitative estimate of drug-likeness (QED) is 0.792. The van der Waals surface area contributed by atoms with E-state index in [2.05, 4.69) is 10.1 Å². The van der Waals surface area contributed by atoms with E-state index < -0.39 is 12.1 Å². The van der Waals surface area contributed by atoms with Gasteiger partial charge in [-0.3, -0.25) is 14.6 Å². The van der Waals surface area contributed by atoms with Gasteiger partial charge in [-0.15, -0.1) is 0 Å². The molecule has 1 saturated carbocycles. The minimum Gasteiger partial charge on any atom is -0.359 e. The van der Waals surface area contributed by atoms with Crippen molar-refractivity contribution in [2.24, 2.45) is 0 Å². The van der Waals surface area contributed by atoms with Crippen LogP contribution in [0.3, 0.4) is 0 Å². The fraction of sp³-hybridized carbons (Fsp3) is 0.474. The van der Waals surface area contributed by atoms with Crippen molar-refractivity contribution in [1.82, 2.24) is 19.9 Å². The molecule has 2 amide bonds. The zero-order chi connectivity index (χ0) is 19.0. The third-order valence-corrected chi connectivity index (χ3v) is 4.92. The monoisotopic (exact) mass is 370 g/mol. The molecule has 0 radical (unpaired) electrons. The Morgan fingerprint density at radius 1 is 1.41 bits per heavy atom. The Bertz CT molecular complexity index is 833. The van der Waals surface area contributed by atoms with E-state index in [1.807, 2.05) is 24.0 Å². The molecule has 1 saturated heterocycles. The standard InChI is InChI=1S/C19H22N4O4/c1-12-8-15(27-21-12)10-22(2)19(25)18-17(13-4-3-7-20-9-13)23(14-5-6-14)16(24)11-26-18/h3-4,7-9,14,17-18H,5-6,10-11H2,1-2H3/t17-,18+/m1/s1. The van der Waals surface area contributed by atoms with Crippen LogP contribution in [0.25, 0.3) is 0 Å². The van der Waals surface area contributed by atoms with Crippen molar-refractivity contribution < 1.29 is 18.8 Å². The minimum atomic E-state index is -0.776. The first kappa shape index (κ1) is 17.7. The van der Waals surface area contributed by atoms with E-state index in [-0.39, 0.29) is 31.0 Å². The lowest BCUT2D eigenvalue weighted by atomic mass is 9.98. The Morgan fingerprint density at radius 2 is 2.22 bits per heavy atom. The molecule has 2 aromatic heterocycles. The van der Waals surface area contributed by atoms with Gasteiger partial charge in [0.15, 0.2) is 11.9 Å². The highest BCUT2D eigenvalue weighted by Gasteiger charge is 2.48. The van der Waals surface area contributed by atoms with E-state index in [0.717, 1.165) is 24.1 Å². The zero-order valence-corrected chi connectivity index (χ0v) is 15.4. The van der Waals surface area contributed by atoms with Gasteiger partial charge in [-0.05, 0) is 31.4 Å². The van der Waals surface area contributed by atoms with E-state index >= 15 is 0 Å². The third kappa shape index (κ3) is 3.57. The Balaban J connectivity index is 1.60. The van der Waals surface area contributed by atoms with Crippen LogP contribution in [0.5, 0.6) is 0 Å². The molecule has 3 heterocycles. The molecule has 0 bridgehead atoms. The molecule has 0 spiro atoms. The first-order valence-electron chi connectivity index (χ1n) is 9.04. The van der Waals surface area contributed by atoms with E-state index in [9.17, 15) is 9.59 Å². The van der Waals surface area contributed by atoms with Gasteiger partial charge >= 0.3 is 0 Å². The molecule has 2 aliphatic rings. The van der Waals surface area contributed by atoms with Crippen LogP contribution in [0.2, 0.25) is 0 Å². The SMILES string of the molecule is Cc1cc(CN(C)C(=O)[C@H]2OCC(=O)N(C3CC3)[C@@H]2c2cccnc2)on1. The molecule has 0 unspecified atom stereocenters. The molecule has 8 nitrogen and oxygen atoms in total. The molecule has 8 heteroatoms. The molecule has 2 atom stereocenters. The zero-order valence-electron chi connectivity index (χ0n) is 15.4. The number of morpholine rings is 1. The van der Waals surface area contributed by atoms with Crippen LogP contribution in [-0.4, -0.2) is 57.6 Å². The second-order valence-electron chi connectivity index (χ2n) is 7.12. The number of pyridine rings is 1. The summed E-state index contributed by atoms with van der Waals surface area (Å²) in [4.78, 5) is 33.2.